The number of methoxy groups -OCH3 is 2. The number of nitrogens with zero attached hydrogens (tertiary/aromatic N) is 2. The van der Waals surface area contributed by atoms with Crippen molar-refractivity contribution in [3.63, 3.8) is 0 Å². The molecule has 1 N–H and O–H groups in total. The van der Waals surface area contributed by atoms with Crippen molar-refractivity contribution in [3.05, 3.63) is 23.2 Å². The van der Waals surface area contributed by atoms with Crippen molar-refractivity contribution < 1.29 is 23.7 Å². The van der Waals surface area contributed by atoms with Crippen molar-refractivity contribution in [2.75, 3.05) is 19.5 Å². The molecule has 0 unspecified atom stereocenters. The van der Waals surface area contributed by atoms with Crippen LogP contribution < -0.4 is 19.5 Å². The number of anilines is 1. The SMILES string of the molecule is COc1ccc(OCc2nnc(NC(=O)OC(C)(C)C)s2)cc1OC. The molecule has 1 aromatic carbocycles. The Morgan fingerprint density at radius 2 is 1.88 bits per heavy atom. The summed E-state index contributed by atoms with van der Waals surface area (Å²) in [5.41, 5.74) is -0.575. The summed E-state index contributed by atoms with van der Waals surface area (Å²) in [4.78, 5) is 11.7. The second-order valence-corrected chi connectivity index (χ2v) is 7.00. The molecule has 0 aliphatic heterocycles. The van der Waals surface area contributed by atoms with E-state index in [4.69, 9.17) is 18.9 Å². The van der Waals surface area contributed by atoms with Gasteiger partial charge in [0, 0.05) is 6.07 Å². The summed E-state index contributed by atoms with van der Waals surface area (Å²) in [6.07, 6.45) is -0.573. The largest absolute Gasteiger partial charge is 0.493 e. The van der Waals surface area contributed by atoms with E-state index >= 15 is 0 Å². The van der Waals surface area contributed by atoms with E-state index in [-0.39, 0.29) is 6.61 Å². The lowest BCUT2D eigenvalue weighted by Gasteiger charge is -2.18. The number of carbonyl (C=O) groups is 1. The molecule has 0 saturated carbocycles. The number of carbonyl (C=O) groups excluding carboxylic acids is 1. The predicted octanol–water partition coefficient (Wildman–Crippen LogP) is 3.48. The van der Waals surface area contributed by atoms with Gasteiger partial charge in [0.1, 0.15) is 18.0 Å². The van der Waals surface area contributed by atoms with Gasteiger partial charge in [-0.1, -0.05) is 11.3 Å². The summed E-state index contributed by atoms with van der Waals surface area (Å²) in [6.45, 7) is 5.57. The van der Waals surface area contributed by atoms with E-state index in [2.05, 4.69) is 15.5 Å². The molecule has 8 nitrogen and oxygen atoms in total. The Morgan fingerprint density at radius 3 is 2.52 bits per heavy atom. The number of benzene rings is 1. The summed E-state index contributed by atoms with van der Waals surface area (Å²) < 4.78 is 21.2. The van der Waals surface area contributed by atoms with Crippen molar-refractivity contribution in [2.45, 2.75) is 33.0 Å². The van der Waals surface area contributed by atoms with Gasteiger partial charge in [-0.15, -0.1) is 10.2 Å². The maximum absolute atomic E-state index is 11.7. The van der Waals surface area contributed by atoms with Gasteiger partial charge in [-0.25, -0.2) is 4.79 Å². The molecule has 0 aliphatic carbocycles. The predicted molar refractivity (Wildman–Crippen MR) is 93.6 cm³/mol. The van der Waals surface area contributed by atoms with Crippen molar-refractivity contribution in [3.8, 4) is 17.2 Å². The fourth-order valence-electron chi connectivity index (χ4n) is 1.80. The van der Waals surface area contributed by atoms with Gasteiger partial charge >= 0.3 is 6.09 Å². The lowest BCUT2D eigenvalue weighted by molar-refractivity contribution is 0.0636. The normalized spacial score (nSPS) is 10.9. The summed E-state index contributed by atoms with van der Waals surface area (Å²) in [7, 11) is 3.12. The minimum Gasteiger partial charge on any atom is -0.493 e. The van der Waals surface area contributed by atoms with E-state index in [0.29, 0.717) is 27.4 Å². The zero-order valence-corrected chi connectivity index (χ0v) is 15.6. The molecule has 2 aromatic rings. The third-order valence-electron chi connectivity index (χ3n) is 2.79. The van der Waals surface area contributed by atoms with Gasteiger partial charge in [-0.05, 0) is 32.9 Å². The van der Waals surface area contributed by atoms with Crippen molar-refractivity contribution in [1.29, 1.82) is 0 Å². The molecule has 0 fully saturated rings. The minimum absolute atomic E-state index is 0.211. The molecule has 9 heteroatoms. The van der Waals surface area contributed by atoms with Crippen LogP contribution in [0, 0.1) is 0 Å². The maximum atomic E-state index is 11.7. The van der Waals surface area contributed by atoms with Crippen LogP contribution in [0.5, 0.6) is 17.2 Å². The lowest BCUT2D eigenvalue weighted by atomic mass is 10.2. The van der Waals surface area contributed by atoms with Gasteiger partial charge in [-0.3, -0.25) is 5.32 Å². The molecule has 136 valence electrons. The second kappa shape index (κ2) is 8.02. The highest BCUT2D eigenvalue weighted by Gasteiger charge is 2.17. The van der Waals surface area contributed by atoms with Gasteiger partial charge in [0.2, 0.25) is 5.13 Å². The highest BCUT2D eigenvalue weighted by atomic mass is 32.1. The Balaban J connectivity index is 1.92. The molecule has 0 saturated heterocycles. The fraction of sp³-hybridized carbons (Fsp3) is 0.438. The molecule has 25 heavy (non-hydrogen) atoms. The molecular formula is C16H21N3O5S. The zero-order chi connectivity index (χ0) is 18.4. The first-order chi connectivity index (χ1) is 11.8. The Labute approximate surface area is 150 Å². The molecule has 0 spiro atoms. The summed E-state index contributed by atoms with van der Waals surface area (Å²) >= 11 is 1.21. The number of aromatic nitrogens is 2. The van der Waals surface area contributed by atoms with Gasteiger partial charge in [0.15, 0.2) is 16.5 Å². The molecular weight excluding hydrogens is 346 g/mol. The second-order valence-electron chi connectivity index (χ2n) is 5.93. The van der Waals surface area contributed by atoms with Crippen LogP contribution in [0.2, 0.25) is 0 Å². The van der Waals surface area contributed by atoms with Gasteiger partial charge < -0.3 is 18.9 Å². The molecule has 2 rings (SSSR count). The molecule has 0 atom stereocenters. The summed E-state index contributed by atoms with van der Waals surface area (Å²) in [5.74, 6) is 1.80. The maximum Gasteiger partial charge on any atom is 0.414 e. The van der Waals surface area contributed by atoms with Crippen LogP contribution in [0.4, 0.5) is 9.93 Å². The first-order valence-electron chi connectivity index (χ1n) is 7.48. The Bertz CT molecular complexity index is 727. The minimum atomic E-state index is -0.575. The van der Waals surface area contributed by atoms with Crippen molar-refractivity contribution in [1.82, 2.24) is 10.2 Å². The average molecular weight is 367 g/mol. The highest BCUT2D eigenvalue weighted by molar-refractivity contribution is 7.15. The number of hydrogen-bond donors (Lipinski definition) is 1. The van der Waals surface area contributed by atoms with Crippen LogP contribution >= 0.6 is 11.3 Å². The van der Waals surface area contributed by atoms with Crippen LogP contribution in [-0.2, 0) is 11.3 Å². The first-order valence-corrected chi connectivity index (χ1v) is 8.29. The zero-order valence-electron chi connectivity index (χ0n) is 14.8. The van der Waals surface area contributed by atoms with Crippen LogP contribution in [-0.4, -0.2) is 36.1 Å². The van der Waals surface area contributed by atoms with Gasteiger partial charge in [-0.2, -0.15) is 0 Å². The fourth-order valence-corrected chi connectivity index (χ4v) is 2.44. The molecule has 1 heterocycles. The number of ether oxygens (including phenoxy) is 4. The smallest absolute Gasteiger partial charge is 0.414 e. The van der Waals surface area contributed by atoms with Gasteiger partial charge in [0.25, 0.3) is 0 Å². The Morgan fingerprint density at radius 1 is 1.16 bits per heavy atom. The van der Waals surface area contributed by atoms with E-state index in [1.807, 2.05) is 0 Å². The number of amides is 1. The van der Waals surface area contributed by atoms with E-state index in [1.54, 1.807) is 53.2 Å². The monoisotopic (exact) mass is 367 g/mol. The van der Waals surface area contributed by atoms with Crippen LogP contribution in [0.25, 0.3) is 0 Å². The van der Waals surface area contributed by atoms with E-state index < -0.39 is 11.7 Å². The lowest BCUT2D eigenvalue weighted by Crippen LogP contribution is -2.27. The highest BCUT2D eigenvalue weighted by Crippen LogP contribution is 2.31. The van der Waals surface area contributed by atoms with E-state index in [0.717, 1.165) is 0 Å². The molecule has 0 bridgehead atoms. The van der Waals surface area contributed by atoms with Crippen molar-refractivity contribution in [2.24, 2.45) is 0 Å². The van der Waals surface area contributed by atoms with Crippen molar-refractivity contribution >= 4 is 22.6 Å². The third kappa shape index (κ3) is 5.79. The first kappa shape index (κ1) is 18.8. The van der Waals surface area contributed by atoms with E-state index in [9.17, 15) is 4.79 Å². The van der Waals surface area contributed by atoms with Crippen LogP contribution in [0.15, 0.2) is 18.2 Å². The topological polar surface area (TPSA) is 91.8 Å². The quantitative estimate of drug-likeness (QED) is 0.835. The number of hydrogen-bond acceptors (Lipinski definition) is 8. The standard InChI is InChI=1S/C16H21N3O5S/c1-16(2,3)24-15(20)17-14-19-18-13(25-14)9-23-10-6-7-11(21-4)12(8-10)22-5/h6-8H,9H2,1-5H3,(H,17,19,20). The number of rotatable bonds is 6. The average Bonchev–Trinajstić information content (AvgIpc) is 2.98. The Hall–Kier alpha value is -2.55. The number of nitrogens with one attached hydrogen (secondary N) is 1. The summed E-state index contributed by atoms with van der Waals surface area (Å²) in [6, 6.07) is 5.24. The molecule has 1 amide bonds. The third-order valence-corrected chi connectivity index (χ3v) is 3.60. The molecule has 0 radical (unpaired) electrons. The molecule has 0 aliphatic rings. The molecule has 1 aromatic heterocycles. The van der Waals surface area contributed by atoms with Crippen LogP contribution in [0.1, 0.15) is 25.8 Å². The van der Waals surface area contributed by atoms with E-state index in [1.165, 1.54) is 11.3 Å². The Kier molecular flexibility index (Phi) is 6.02. The summed E-state index contributed by atoms with van der Waals surface area (Å²) in [5, 5.41) is 11.4. The van der Waals surface area contributed by atoms with Crippen LogP contribution in [0.3, 0.4) is 0 Å². The van der Waals surface area contributed by atoms with Gasteiger partial charge in [0.05, 0.1) is 14.2 Å².